The molecule has 0 fully saturated rings. The van der Waals surface area contributed by atoms with Gasteiger partial charge in [-0.3, -0.25) is 4.79 Å². The number of aromatic nitrogens is 5. The van der Waals surface area contributed by atoms with E-state index in [-0.39, 0.29) is 6.54 Å². The van der Waals surface area contributed by atoms with Crippen LogP contribution in [0.5, 0.6) is 0 Å². The molecule has 102 valence electrons. The van der Waals surface area contributed by atoms with Crippen molar-refractivity contribution in [2.45, 2.75) is 6.54 Å². The second-order valence-electron chi connectivity index (χ2n) is 4.34. The zero-order chi connectivity index (χ0) is 14.3. The normalized spacial score (nSPS) is 11.2. The Hall–Kier alpha value is -2.64. The van der Waals surface area contributed by atoms with Gasteiger partial charge < -0.3 is 0 Å². The van der Waals surface area contributed by atoms with E-state index in [1.165, 1.54) is 10.9 Å². The van der Waals surface area contributed by atoms with Crippen LogP contribution in [0.3, 0.4) is 0 Å². The molecule has 0 radical (unpaired) electrons. The molecule has 0 N–H and O–H groups in total. The Bertz CT molecular complexity index is 834. The lowest BCUT2D eigenvalue weighted by molar-refractivity contribution is 0.562. The molecule has 0 aliphatic rings. The van der Waals surface area contributed by atoms with E-state index in [0.717, 1.165) is 22.9 Å². The molecule has 3 aromatic rings. The minimum absolute atomic E-state index is 0.0641. The Morgan fingerprint density at radius 2 is 1.90 bits per heavy atom. The highest BCUT2D eigenvalue weighted by Crippen LogP contribution is 2.09. The summed E-state index contributed by atoms with van der Waals surface area (Å²) >= 11 is 0. The first kappa shape index (κ1) is 12.4. The Balaban J connectivity index is 2.06. The molecule has 0 saturated carbocycles. The van der Waals surface area contributed by atoms with Crippen molar-refractivity contribution in [2.75, 3.05) is 0 Å². The second kappa shape index (κ2) is 4.48. The third kappa shape index (κ3) is 2.04. The van der Waals surface area contributed by atoms with Crippen LogP contribution in [0.1, 0.15) is 5.56 Å². The van der Waals surface area contributed by atoms with Crippen LogP contribution < -0.4 is 5.56 Å². The van der Waals surface area contributed by atoms with Gasteiger partial charge >= 0.3 is 0 Å². The lowest BCUT2D eigenvalue weighted by Gasteiger charge is -2.04. The fourth-order valence-corrected chi connectivity index (χ4v) is 1.96. The van der Waals surface area contributed by atoms with Crippen LogP contribution in [0, 0.1) is 11.6 Å². The van der Waals surface area contributed by atoms with E-state index >= 15 is 0 Å². The summed E-state index contributed by atoms with van der Waals surface area (Å²) in [4.78, 5) is 12.1. The van der Waals surface area contributed by atoms with Crippen molar-refractivity contribution >= 4 is 11.0 Å². The molecule has 2 heterocycles. The van der Waals surface area contributed by atoms with Gasteiger partial charge in [0, 0.05) is 13.1 Å². The summed E-state index contributed by atoms with van der Waals surface area (Å²) in [6.45, 7) is -0.0641. The highest BCUT2D eigenvalue weighted by molar-refractivity contribution is 5.72. The van der Waals surface area contributed by atoms with Crippen LogP contribution in [0.25, 0.3) is 11.0 Å². The molecule has 0 amide bonds. The van der Waals surface area contributed by atoms with Crippen molar-refractivity contribution < 1.29 is 8.78 Å². The van der Waals surface area contributed by atoms with E-state index in [1.54, 1.807) is 7.05 Å². The largest absolute Gasteiger partial charge is 0.281 e. The van der Waals surface area contributed by atoms with Gasteiger partial charge in [0.1, 0.15) is 17.0 Å². The third-order valence-corrected chi connectivity index (χ3v) is 2.87. The van der Waals surface area contributed by atoms with Crippen molar-refractivity contribution in [1.82, 2.24) is 24.8 Å². The number of rotatable bonds is 2. The topological polar surface area (TPSA) is 65.6 Å². The molecule has 0 aliphatic heterocycles. The minimum atomic E-state index is -0.705. The number of aryl methyl sites for hydroxylation is 1. The van der Waals surface area contributed by atoms with Gasteiger partial charge in [-0.05, 0) is 17.7 Å². The van der Waals surface area contributed by atoms with Gasteiger partial charge in [0.05, 0.1) is 12.7 Å². The van der Waals surface area contributed by atoms with Crippen LogP contribution >= 0.6 is 0 Å². The molecule has 20 heavy (non-hydrogen) atoms. The fraction of sp³-hybridized carbons (Fsp3) is 0.167. The highest BCUT2D eigenvalue weighted by Gasteiger charge is 2.10. The van der Waals surface area contributed by atoms with Crippen LogP contribution in [0.2, 0.25) is 0 Å². The van der Waals surface area contributed by atoms with Gasteiger partial charge in [-0.2, -0.15) is 5.10 Å². The average molecular weight is 277 g/mol. The summed E-state index contributed by atoms with van der Waals surface area (Å²) in [5.41, 5.74) is 0.242. The zero-order valence-corrected chi connectivity index (χ0v) is 10.4. The molecule has 0 aliphatic carbocycles. The lowest BCUT2D eigenvalue weighted by Crippen LogP contribution is -2.24. The van der Waals surface area contributed by atoms with Gasteiger partial charge in [0.2, 0.25) is 0 Å². The average Bonchev–Trinajstić information content (AvgIpc) is 2.74. The van der Waals surface area contributed by atoms with Gasteiger partial charge in [-0.25, -0.2) is 18.1 Å². The summed E-state index contributed by atoms with van der Waals surface area (Å²) in [5, 5.41) is 11.8. The minimum Gasteiger partial charge on any atom is -0.267 e. The molecule has 0 unspecified atom stereocenters. The maximum Gasteiger partial charge on any atom is 0.281 e. The van der Waals surface area contributed by atoms with Crippen LogP contribution in [-0.4, -0.2) is 24.8 Å². The summed E-state index contributed by atoms with van der Waals surface area (Å²) in [7, 11) is 1.64. The van der Waals surface area contributed by atoms with Crippen molar-refractivity contribution in [3.05, 3.63) is 51.9 Å². The van der Waals surface area contributed by atoms with Gasteiger partial charge in [-0.1, -0.05) is 5.21 Å². The first-order valence-corrected chi connectivity index (χ1v) is 5.75. The SMILES string of the molecule is Cn1ncc2c(=O)n(Cc3cc(F)cc(F)c3)nnc21. The molecule has 2 aromatic heterocycles. The summed E-state index contributed by atoms with van der Waals surface area (Å²) in [6.07, 6.45) is 1.38. The summed E-state index contributed by atoms with van der Waals surface area (Å²) in [5.74, 6) is -1.41. The summed E-state index contributed by atoms with van der Waals surface area (Å²) < 4.78 is 28.7. The maximum atomic E-state index is 13.1. The molecule has 3 rings (SSSR count). The molecule has 6 nitrogen and oxygen atoms in total. The number of halogens is 2. The number of hydrogen-bond donors (Lipinski definition) is 0. The number of fused-ring (bicyclic) bond motifs is 1. The molecule has 0 atom stereocenters. The predicted molar refractivity (Wildman–Crippen MR) is 66.0 cm³/mol. The van der Waals surface area contributed by atoms with Crippen molar-refractivity contribution in [3.63, 3.8) is 0 Å². The Kier molecular flexibility index (Phi) is 2.78. The van der Waals surface area contributed by atoms with Crippen LogP contribution in [-0.2, 0) is 13.6 Å². The van der Waals surface area contributed by atoms with E-state index in [4.69, 9.17) is 0 Å². The quantitative estimate of drug-likeness (QED) is 0.696. The lowest BCUT2D eigenvalue weighted by atomic mass is 10.2. The van der Waals surface area contributed by atoms with Gasteiger partial charge in [0.15, 0.2) is 5.65 Å². The third-order valence-electron chi connectivity index (χ3n) is 2.87. The van der Waals surface area contributed by atoms with Crippen molar-refractivity contribution in [3.8, 4) is 0 Å². The second-order valence-corrected chi connectivity index (χ2v) is 4.34. The molecule has 8 heteroatoms. The molecule has 0 bridgehead atoms. The molecule has 1 aromatic carbocycles. The zero-order valence-electron chi connectivity index (χ0n) is 10.4. The molecule has 0 saturated heterocycles. The monoisotopic (exact) mass is 277 g/mol. The van der Waals surface area contributed by atoms with Gasteiger partial charge in [-0.15, -0.1) is 5.10 Å². The standard InChI is InChI=1S/C12H9F2N5O/c1-18-11-10(5-15-18)12(20)19(17-16-11)6-7-2-8(13)4-9(14)3-7/h2-5H,6H2,1H3. The maximum absolute atomic E-state index is 13.1. The Labute approximate surface area is 111 Å². The molecular weight excluding hydrogens is 268 g/mol. The predicted octanol–water partition coefficient (Wildman–Crippen LogP) is 0.851. The number of benzene rings is 1. The van der Waals surface area contributed by atoms with Crippen LogP contribution in [0.4, 0.5) is 8.78 Å². The molecular formula is C12H9F2N5O. The first-order chi connectivity index (χ1) is 9.54. The summed E-state index contributed by atoms with van der Waals surface area (Å²) in [6, 6.07) is 3.05. The fourth-order valence-electron chi connectivity index (χ4n) is 1.96. The van der Waals surface area contributed by atoms with E-state index in [2.05, 4.69) is 15.4 Å². The number of hydrogen-bond acceptors (Lipinski definition) is 4. The van der Waals surface area contributed by atoms with Crippen LogP contribution in [0.15, 0.2) is 29.2 Å². The van der Waals surface area contributed by atoms with Crippen molar-refractivity contribution in [2.24, 2.45) is 7.05 Å². The number of nitrogens with zero attached hydrogens (tertiary/aromatic N) is 5. The van der Waals surface area contributed by atoms with E-state index in [1.807, 2.05) is 0 Å². The van der Waals surface area contributed by atoms with E-state index in [0.29, 0.717) is 16.6 Å². The Morgan fingerprint density at radius 3 is 2.60 bits per heavy atom. The first-order valence-electron chi connectivity index (χ1n) is 5.75. The van der Waals surface area contributed by atoms with Gasteiger partial charge in [0.25, 0.3) is 5.56 Å². The van der Waals surface area contributed by atoms with Crippen molar-refractivity contribution in [1.29, 1.82) is 0 Å². The van der Waals surface area contributed by atoms with E-state index in [9.17, 15) is 13.6 Å². The Morgan fingerprint density at radius 1 is 1.20 bits per heavy atom. The highest BCUT2D eigenvalue weighted by atomic mass is 19.1. The molecule has 0 spiro atoms. The smallest absolute Gasteiger partial charge is 0.267 e. The van der Waals surface area contributed by atoms with E-state index < -0.39 is 17.2 Å².